The molecular weight excluding hydrogens is 513 g/mol. The summed E-state index contributed by atoms with van der Waals surface area (Å²) in [5.41, 5.74) is 4.15. The van der Waals surface area contributed by atoms with Gasteiger partial charge < -0.3 is 14.8 Å². The number of carbonyl (C=O) groups is 1. The van der Waals surface area contributed by atoms with Crippen molar-refractivity contribution >= 4 is 56.3 Å². The zero-order chi connectivity index (χ0) is 18.9. The predicted octanol–water partition coefficient (Wildman–Crippen LogP) is 4.02. The molecule has 0 atom stereocenters. The van der Waals surface area contributed by atoms with Gasteiger partial charge in [-0.1, -0.05) is 15.9 Å². The number of methoxy groups -OCH3 is 1. The minimum Gasteiger partial charge on any atom is -0.493 e. The van der Waals surface area contributed by atoms with E-state index in [1.54, 1.807) is 13.3 Å². The second-order valence-electron chi connectivity index (χ2n) is 5.12. The van der Waals surface area contributed by atoms with Gasteiger partial charge in [0.25, 0.3) is 5.91 Å². The molecule has 0 saturated heterocycles. The van der Waals surface area contributed by atoms with Gasteiger partial charge in [0, 0.05) is 10.2 Å². The maximum absolute atomic E-state index is 11.9. The van der Waals surface area contributed by atoms with Gasteiger partial charge in [-0.2, -0.15) is 5.10 Å². The van der Waals surface area contributed by atoms with Gasteiger partial charge >= 0.3 is 0 Å². The lowest BCUT2D eigenvalue weighted by Crippen LogP contribution is -2.25. The fraction of sp³-hybridized carbons (Fsp3) is 0.222. The Kier molecular flexibility index (Phi) is 8.17. The van der Waals surface area contributed by atoms with E-state index in [2.05, 4.69) is 54.4 Å². The lowest BCUT2D eigenvalue weighted by atomic mass is 10.2. The van der Waals surface area contributed by atoms with E-state index < -0.39 is 0 Å². The van der Waals surface area contributed by atoms with Crippen molar-refractivity contribution in [2.45, 2.75) is 6.92 Å². The van der Waals surface area contributed by atoms with Crippen molar-refractivity contribution in [1.82, 2.24) is 5.43 Å². The number of halogens is 2. The van der Waals surface area contributed by atoms with Crippen LogP contribution in [0.5, 0.6) is 11.5 Å². The van der Waals surface area contributed by atoms with Gasteiger partial charge in [-0.15, -0.1) is 0 Å². The first-order chi connectivity index (χ1) is 12.5. The van der Waals surface area contributed by atoms with E-state index in [4.69, 9.17) is 9.47 Å². The Bertz CT molecular complexity index is 782. The summed E-state index contributed by atoms with van der Waals surface area (Å²) >= 11 is 5.54. The van der Waals surface area contributed by atoms with Crippen molar-refractivity contribution in [2.24, 2.45) is 5.10 Å². The highest BCUT2D eigenvalue weighted by Crippen LogP contribution is 2.33. The molecule has 8 heteroatoms. The van der Waals surface area contributed by atoms with Crippen LogP contribution in [-0.2, 0) is 4.79 Å². The van der Waals surface area contributed by atoms with Crippen LogP contribution in [0.4, 0.5) is 5.69 Å². The standard InChI is InChI=1S/C18H19BrIN3O3/c1-3-26-18-15(20)8-12(9-16(18)25-2)10-22-23-17(24)11-21-14-6-4-13(19)5-7-14/h4-10,21H,3,11H2,1-2H3,(H,23,24)/b22-10-. The van der Waals surface area contributed by atoms with Crippen molar-refractivity contribution in [3.8, 4) is 11.5 Å². The quantitative estimate of drug-likeness (QED) is 0.306. The van der Waals surface area contributed by atoms with Gasteiger partial charge in [0.1, 0.15) is 0 Å². The number of hydrogen-bond donors (Lipinski definition) is 2. The third-order valence-corrected chi connectivity index (χ3v) is 4.57. The summed E-state index contributed by atoms with van der Waals surface area (Å²) < 4.78 is 12.8. The number of ether oxygens (including phenoxy) is 2. The van der Waals surface area contributed by atoms with Crippen LogP contribution >= 0.6 is 38.5 Å². The van der Waals surface area contributed by atoms with Crippen LogP contribution in [0.3, 0.4) is 0 Å². The Balaban J connectivity index is 1.91. The molecule has 2 aromatic carbocycles. The Morgan fingerprint density at radius 1 is 1.31 bits per heavy atom. The fourth-order valence-corrected chi connectivity index (χ4v) is 3.11. The molecular formula is C18H19BrIN3O3. The summed E-state index contributed by atoms with van der Waals surface area (Å²) in [6, 6.07) is 11.3. The second-order valence-corrected chi connectivity index (χ2v) is 7.20. The molecule has 0 fully saturated rings. The molecule has 0 radical (unpaired) electrons. The molecule has 2 aromatic rings. The first-order valence-electron chi connectivity index (χ1n) is 7.85. The van der Waals surface area contributed by atoms with E-state index in [-0.39, 0.29) is 12.5 Å². The number of nitrogens with zero attached hydrogens (tertiary/aromatic N) is 1. The van der Waals surface area contributed by atoms with Gasteiger partial charge in [0.15, 0.2) is 11.5 Å². The van der Waals surface area contributed by atoms with Crippen LogP contribution in [0.15, 0.2) is 46.0 Å². The first-order valence-corrected chi connectivity index (χ1v) is 9.72. The fourth-order valence-electron chi connectivity index (χ4n) is 2.07. The minimum atomic E-state index is -0.239. The summed E-state index contributed by atoms with van der Waals surface area (Å²) in [4.78, 5) is 11.9. The molecule has 0 saturated carbocycles. The number of benzene rings is 2. The van der Waals surface area contributed by atoms with Crippen LogP contribution in [0.1, 0.15) is 12.5 Å². The molecule has 26 heavy (non-hydrogen) atoms. The van der Waals surface area contributed by atoms with Crippen molar-refractivity contribution in [2.75, 3.05) is 25.6 Å². The molecule has 0 aliphatic heterocycles. The number of carbonyl (C=O) groups excluding carboxylic acids is 1. The Hall–Kier alpha value is -1.81. The summed E-state index contributed by atoms with van der Waals surface area (Å²) in [6.07, 6.45) is 1.57. The van der Waals surface area contributed by atoms with E-state index >= 15 is 0 Å². The van der Waals surface area contributed by atoms with Crippen LogP contribution in [0, 0.1) is 3.57 Å². The zero-order valence-corrected chi connectivity index (χ0v) is 18.1. The molecule has 0 aliphatic carbocycles. The van der Waals surface area contributed by atoms with E-state index in [1.807, 2.05) is 43.3 Å². The molecule has 0 aliphatic rings. The van der Waals surface area contributed by atoms with Crippen molar-refractivity contribution in [1.29, 1.82) is 0 Å². The number of hydrogen-bond acceptors (Lipinski definition) is 5. The summed E-state index contributed by atoms with van der Waals surface area (Å²) in [5, 5.41) is 7.01. The summed E-state index contributed by atoms with van der Waals surface area (Å²) in [7, 11) is 1.59. The Morgan fingerprint density at radius 2 is 2.04 bits per heavy atom. The van der Waals surface area contributed by atoms with Gasteiger partial charge in [-0.3, -0.25) is 4.79 Å². The van der Waals surface area contributed by atoms with Gasteiger partial charge in [0.05, 0.1) is 30.0 Å². The smallest absolute Gasteiger partial charge is 0.259 e. The maximum atomic E-state index is 11.9. The molecule has 2 N–H and O–H groups in total. The normalized spacial score (nSPS) is 10.6. The lowest BCUT2D eigenvalue weighted by molar-refractivity contribution is -0.119. The lowest BCUT2D eigenvalue weighted by Gasteiger charge is -2.12. The van der Waals surface area contributed by atoms with E-state index in [1.165, 1.54) is 0 Å². The van der Waals surface area contributed by atoms with E-state index in [9.17, 15) is 4.79 Å². The molecule has 0 spiro atoms. The molecule has 1 amide bonds. The second kappa shape index (κ2) is 10.4. The number of rotatable bonds is 8. The number of hydrazone groups is 1. The maximum Gasteiger partial charge on any atom is 0.259 e. The molecule has 6 nitrogen and oxygen atoms in total. The van der Waals surface area contributed by atoms with Crippen LogP contribution in [-0.4, -0.2) is 32.4 Å². The summed E-state index contributed by atoms with van der Waals surface area (Å²) in [5.74, 6) is 1.09. The monoisotopic (exact) mass is 531 g/mol. The zero-order valence-electron chi connectivity index (χ0n) is 14.4. The third kappa shape index (κ3) is 6.17. The van der Waals surface area contributed by atoms with Crippen molar-refractivity contribution in [3.05, 3.63) is 50.0 Å². The third-order valence-electron chi connectivity index (χ3n) is 3.24. The van der Waals surface area contributed by atoms with E-state index in [0.29, 0.717) is 18.1 Å². The van der Waals surface area contributed by atoms with Crippen LogP contribution in [0.25, 0.3) is 0 Å². The number of nitrogens with one attached hydrogen (secondary N) is 2. The van der Waals surface area contributed by atoms with E-state index in [0.717, 1.165) is 19.3 Å². The predicted molar refractivity (Wildman–Crippen MR) is 115 cm³/mol. The van der Waals surface area contributed by atoms with Gasteiger partial charge in [-0.05, 0) is 71.5 Å². The van der Waals surface area contributed by atoms with Gasteiger partial charge in [0.2, 0.25) is 0 Å². The summed E-state index contributed by atoms with van der Waals surface area (Å²) in [6.45, 7) is 2.60. The van der Waals surface area contributed by atoms with Gasteiger partial charge in [-0.25, -0.2) is 5.43 Å². The molecule has 2 rings (SSSR count). The average molecular weight is 532 g/mol. The highest BCUT2D eigenvalue weighted by atomic mass is 127. The molecule has 0 aromatic heterocycles. The van der Waals surface area contributed by atoms with Crippen molar-refractivity contribution < 1.29 is 14.3 Å². The minimum absolute atomic E-state index is 0.128. The largest absolute Gasteiger partial charge is 0.493 e. The molecule has 0 bridgehead atoms. The molecule has 138 valence electrons. The van der Waals surface area contributed by atoms with Crippen LogP contribution < -0.4 is 20.2 Å². The molecule has 0 heterocycles. The average Bonchev–Trinajstić information content (AvgIpc) is 2.63. The highest BCUT2D eigenvalue weighted by Gasteiger charge is 2.10. The Morgan fingerprint density at radius 3 is 2.69 bits per heavy atom. The topological polar surface area (TPSA) is 72.0 Å². The van der Waals surface area contributed by atoms with Crippen LogP contribution in [0.2, 0.25) is 0 Å². The SMILES string of the molecule is CCOc1c(I)cc(/C=N\NC(=O)CNc2ccc(Br)cc2)cc1OC. The first kappa shape index (κ1) is 20.5. The Labute approximate surface area is 174 Å². The van der Waals surface area contributed by atoms with Crippen molar-refractivity contribution in [3.63, 3.8) is 0 Å². The number of amides is 1. The number of anilines is 1. The highest BCUT2D eigenvalue weighted by molar-refractivity contribution is 14.1. The molecule has 0 unspecified atom stereocenters.